The number of rotatable bonds is 0. The van der Waals surface area contributed by atoms with Gasteiger partial charge in [-0.05, 0) is 66.2 Å². The minimum atomic E-state index is -0.470. The van der Waals surface area contributed by atoms with E-state index < -0.39 is 5.60 Å². The van der Waals surface area contributed by atoms with Crippen molar-refractivity contribution in [2.45, 2.75) is 52.4 Å². The fourth-order valence-corrected chi connectivity index (χ4v) is 2.95. The Hall–Kier alpha value is -0.310. The third kappa shape index (κ3) is 3.24. The lowest BCUT2D eigenvalue weighted by Gasteiger charge is -2.35. The van der Waals surface area contributed by atoms with Crippen molar-refractivity contribution in [1.82, 2.24) is 14.7 Å². The van der Waals surface area contributed by atoms with Crippen molar-refractivity contribution in [1.29, 1.82) is 0 Å². The number of halogens is 2. The Balaban J connectivity index is 2.21. The zero-order valence-electron chi connectivity index (χ0n) is 11.4. The van der Waals surface area contributed by atoms with Gasteiger partial charge >= 0.3 is 6.09 Å². The van der Waals surface area contributed by atoms with Gasteiger partial charge in [0, 0.05) is 0 Å². The van der Waals surface area contributed by atoms with E-state index >= 15 is 0 Å². The average Bonchev–Trinajstić information content (AvgIpc) is 2.50. The summed E-state index contributed by atoms with van der Waals surface area (Å²) in [7, 11) is 0. The van der Waals surface area contributed by atoms with Crippen molar-refractivity contribution in [2.75, 3.05) is 0 Å². The Morgan fingerprint density at radius 1 is 1.53 bits per heavy atom. The molecule has 0 fully saturated rings. The molecule has 0 aromatic carbocycles. The molecule has 0 N–H and O–H groups in total. The van der Waals surface area contributed by atoms with Gasteiger partial charge in [0.15, 0.2) is 0 Å². The molecule has 0 radical (unpaired) electrons. The molecule has 0 saturated carbocycles. The number of hydrogen-bond acceptors (Lipinski definition) is 3. The van der Waals surface area contributed by atoms with E-state index in [1.807, 2.05) is 32.4 Å². The van der Waals surface area contributed by atoms with Crippen LogP contribution in [0.3, 0.4) is 0 Å². The second-order valence-corrected chi connectivity index (χ2v) is 7.52. The molecule has 0 unspecified atom stereocenters. The maximum Gasteiger partial charge on any atom is 0.410 e. The van der Waals surface area contributed by atoms with Crippen LogP contribution < -0.4 is 0 Å². The highest BCUT2D eigenvalue weighted by atomic mass is 127. The normalized spacial score (nSPS) is 19.3. The van der Waals surface area contributed by atoms with E-state index in [2.05, 4.69) is 43.6 Å². The largest absolute Gasteiger partial charge is 0.444 e. The van der Waals surface area contributed by atoms with E-state index in [-0.39, 0.29) is 12.1 Å². The van der Waals surface area contributed by atoms with Crippen LogP contribution in [0, 0.1) is 3.57 Å². The molecule has 0 saturated heterocycles. The lowest BCUT2D eigenvalue weighted by Crippen LogP contribution is -2.47. The van der Waals surface area contributed by atoms with Crippen molar-refractivity contribution < 1.29 is 9.53 Å². The molecule has 0 bridgehead atoms. The van der Waals surface area contributed by atoms with Crippen LogP contribution in [0.5, 0.6) is 0 Å². The molecule has 7 heteroatoms. The number of hydrogen-bond donors (Lipinski definition) is 0. The molecule has 19 heavy (non-hydrogen) atoms. The Morgan fingerprint density at radius 3 is 2.74 bits per heavy atom. The lowest BCUT2D eigenvalue weighted by molar-refractivity contribution is 0.00898. The molecule has 1 aliphatic rings. The van der Waals surface area contributed by atoms with E-state index in [0.717, 1.165) is 13.9 Å². The summed E-state index contributed by atoms with van der Waals surface area (Å²) in [6, 6.07) is 0.0740. The average molecular weight is 442 g/mol. The van der Waals surface area contributed by atoms with Crippen molar-refractivity contribution in [3.05, 3.63) is 13.9 Å². The molecule has 2 rings (SSSR count). The second kappa shape index (κ2) is 5.23. The van der Waals surface area contributed by atoms with Crippen LogP contribution in [0.25, 0.3) is 0 Å². The summed E-state index contributed by atoms with van der Waals surface area (Å²) in [6.45, 7) is 8.87. The maximum atomic E-state index is 12.2. The summed E-state index contributed by atoms with van der Waals surface area (Å²) >= 11 is 5.67. The zero-order valence-corrected chi connectivity index (χ0v) is 15.1. The highest BCUT2D eigenvalue weighted by Gasteiger charge is 2.32. The summed E-state index contributed by atoms with van der Waals surface area (Å²) in [5, 5.41) is 4.42. The SMILES string of the molecule is C[C@H]1Cn2nc(Br)c(I)c2CN1C(=O)OC(C)(C)C. The van der Waals surface area contributed by atoms with Gasteiger partial charge in [0.25, 0.3) is 0 Å². The van der Waals surface area contributed by atoms with Crippen molar-refractivity contribution in [3.8, 4) is 0 Å². The molecule has 2 heterocycles. The van der Waals surface area contributed by atoms with Gasteiger partial charge in [-0.3, -0.25) is 9.58 Å². The minimum absolute atomic E-state index is 0.0740. The van der Waals surface area contributed by atoms with Crippen LogP contribution >= 0.6 is 38.5 Å². The van der Waals surface area contributed by atoms with Crippen molar-refractivity contribution in [2.24, 2.45) is 0 Å². The first kappa shape index (κ1) is 15.1. The fourth-order valence-electron chi connectivity index (χ4n) is 1.98. The van der Waals surface area contributed by atoms with Crippen molar-refractivity contribution >= 4 is 44.6 Å². The number of carbonyl (C=O) groups is 1. The Kier molecular flexibility index (Phi) is 4.15. The van der Waals surface area contributed by atoms with Gasteiger partial charge in [-0.25, -0.2) is 4.79 Å². The molecular formula is C12H17BrIN3O2. The van der Waals surface area contributed by atoms with Gasteiger partial charge in [-0.1, -0.05) is 0 Å². The number of ether oxygens (including phenoxy) is 1. The van der Waals surface area contributed by atoms with E-state index in [1.54, 1.807) is 4.90 Å². The van der Waals surface area contributed by atoms with E-state index in [4.69, 9.17) is 4.74 Å². The van der Waals surface area contributed by atoms with Gasteiger partial charge in [-0.15, -0.1) is 0 Å². The van der Waals surface area contributed by atoms with Crippen LogP contribution in [0.2, 0.25) is 0 Å². The number of carbonyl (C=O) groups excluding carboxylic acids is 1. The topological polar surface area (TPSA) is 47.4 Å². The van der Waals surface area contributed by atoms with Crippen LogP contribution in [-0.4, -0.2) is 32.4 Å². The highest BCUT2D eigenvalue weighted by Crippen LogP contribution is 2.28. The lowest BCUT2D eigenvalue weighted by atomic mass is 10.2. The van der Waals surface area contributed by atoms with Gasteiger partial charge in [-0.2, -0.15) is 5.10 Å². The molecule has 1 atom stereocenters. The quantitative estimate of drug-likeness (QED) is 0.580. The van der Waals surface area contributed by atoms with Crippen LogP contribution in [0.4, 0.5) is 4.79 Å². The Bertz CT molecular complexity index is 510. The van der Waals surface area contributed by atoms with Gasteiger partial charge in [0.05, 0.1) is 28.4 Å². The summed E-state index contributed by atoms with van der Waals surface area (Å²) in [5.74, 6) is 0. The van der Waals surface area contributed by atoms with Crippen LogP contribution in [0.15, 0.2) is 4.60 Å². The monoisotopic (exact) mass is 441 g/mol. The van der Waals surface area contributed by atoms with E-state index in [0.29, 0.717) is 13.1 Å². The predicted octanol–water partition coefficient (Wildman–Crippen LogP) is 3.39. The van der Waals surface area contributed by atoms with Gasteiger partial charge in [0.1, 0.15) is 10.2 Å². The number of amides is 1. The molecule has 5 nitrogen and oxygen atoms in total. The third-order valence-electron chi connectivity index (χ3n) is 2.87. The molecule has 1 amide bonds. The molecule has 1 aliphatic heterocycles. The van der Waals surface area contributed by atoms with E-state index in [1.165, 1.54) is 0 Å². The van der Waals surface area contributed by atoms with E-state index in [9.17, 15) is 4.79 Å². The van der Waals surface area contributed by atoms with Crippen molar-refractivity contribution in [3.63, 3.8) is 0 Å². The zero-order chi connectivity index (χ0) is 14.4. The summed E-state index contributed by atoms with van der Waals surface area (Å²) in [6.07, 6.45) is -0.264. The number of nitrogens with zero attached hydrogens (tertiary/aromatic N) is 3. The molecule has 1 aromatic heterocycles. The fraction of sp³-hybridized carbons (Fsp3) is 0.667. The smallest absolute Gasteiger partial charge is 0.410 e. The van der Waals surface area contributed by atoms with Gasteiger partial charge < -0.3 is 4.74 Å². The molecular weight excluding hydrogens is 425 g/mol. The third-order valence-corrected chi connectivity index (χ3v) is 5.30. The Morgan fingerprint density at radius 2 is 2.16 bits per heavy atom. The molecule has 0 spiro atoms. The maximum absolute atomic E-state index is 12.2. The predicted molar refractivity (Wildman–Crippen MR) is 83.9 cm³/mol. The second-order valence-electron chi connectivity index (χ2n) is 5.69. The van der Waals surface area contributed by atoms with Crippen LogP contribution in [-0.2, 0) is 17.8 Å². The van der Waals surface area contributed by atoms with Crippen LogP contribution in [0.1, 0.15) is 33.4 Å². The first-order valence-corrected chi connectivity index (χ1v) is 7.96. The standard InChI is InChI=1S/C12H17BrIN3O2/c1-7-5-17-8(9(14)10(13)15-17)6-16(7)11(18)19-12(2,3)4/h7H,5-6H2,1-4H3/t7-/m0/s1. The first-order valence-electron chi connectivity index (χ1n) is 6.09. The first-order chi connectivity index (χ1) is 8.69. The summed E-state index contributed by atoms with van der Waals surface area (Å²) < 4.78 is 9.30. The van der Waals surface area contributed by atoms with Gasteiger partial charge in [0.2, 0.25) is 0 Å². The Labute approximate surface area is 134 Å². The molecule has 0 aliphatic carbocycles. The molecule has 106 valence electrons. The summed E-state index contributed by atoms with van der Waals surface area (Å²) in [5.41, 5.74) is 0.582. The highest BCUT2D eigenvalue weighted by molar-refractivity contribution is 14.1. The number of fused-ring (bicyclic) bond motifs is 1. The minimum Gasteiger partial charge on any atom is -0.444 e. The molecule has 1 aromatic rings. The summed E-state index contributed by atoms with van der Waals surface area (Å²) in [4.78, 5) is 14.0. The number of aromatic nitrogens is 2.